The van der Waals surface area contributed by atoms with Crippen molar-refractivity contribution in [3.05, 3.63) is 0 Å². The standard InChI is InChI=1S/C6H12N2O.C4H7BrO2/c7-6(9)8-4-2-1-3-5-8;5-3-1-2-4(6)7/h1-5H2,(H2,7,9);1-3H2,(H,6,7). The highest BCUT2D eigenvalue weighted by Gasteiger charge is 2.11. The zero-order valence-electron chi connectivity index (χ0n) is 9.32. The Kier molecular flexibility index (Phi) is 8.99. The highest BCUT2D eigenvalue weighted by Crippen LogP contribution is 2.07. The van der Waals surface area contributed by atoms with E-state index < -0.39 is 5.97 Å². The maximum absolute atomic E-state index is 10.5. The molecule has 0 spiro atoms. The van der Waals surface area contributed by atoms with E-state index in [4.69, 9.17) is 10.8 Å². The number of likely N-dealkylation sites (tertiary alicyclic amines) is 1. The first-order valence-corrected chi connectivity index (χ1v) is 6.52. The van der Waals surface area contributed by atoms with E-state index in [-0.39, 0.29) is 12.5 Å². The van der Waals surface area contributed by atoms with Gasteiger partial charge in [-0.15, -0.1) is 0 Å². The number of nitrogens with zero attached hydrogens (tertiary/aromatic N) is 1. The van der Waals surface area contributed by atoms with E-state index in [1.165, 1.54) is 6.42 Å². The Labute approximate surface area is 104 Å². The Morgan fingerprint density at radius 3 is 2.06 bits per heavy atom. The molecule has 0 aromatic carbocycles. The van der Waals surface area contributed by atoms with Crippen LogP contribution < -0.4 is 5.73 Å². The fraction of sp³-hybridized carbons (Fsp3) is 0.800. The lowest BCUT2D eigenvalue weighted by atomic mass is 10.1. The lowest BCUT2D eigenvalue weighted by Gasteiger charge is -2.24. The van der Waals surface area contributed by atoms with Gasteiger partial charge in [0.15, 0.2) is 0 Å². The van der Waals surface area contributed by atoms with Crippen LogP contribution in [0.2, 0.25) is 0 Å². The van der Waals surface area contributed by atoms with Crippen LogP contribution in [0.3, 0.4) is 0 Å². The number of carboxylic acids is 1. The molecule has 0 bridgehead atoms. The van der Waals surface area contributed by atoms with Crippen LogP contribution in [0.4, 0.5) is 4.79 Å². The lowest BCUT2D eigenvalue weighted by molar-refractivity contribution is -0.137. The number of hydrogen-bond donors (Lipinski definition) is 2. The van der Waals surface area contributed by atoms with E-state index in [1.54, 1.807) is 4.90 Å². The minimum atomic E-state index is -0.723. The second kappa shape index (κ2) is 9.45. The molecule has 0 aromatic rings. The molecule has 1 saturated heterocycles. The molecule has 94 valence electrons. The molecule has 0 aromatic heterocycles. The van der Waals surface area contributed by atoms with Crippen molar-refractivity contribution >= 4 is 27.9 Å². The molecule has 6 heteroatoms. The molecule has 1 fully saturated rings. The number of carbonyl (C=O) groups is 2. The highest BCUT2D eigenvalue weighted by atomic mass is 79.9. The van der Waals surface area contributed by atoms with E-state index >= 15 is 0 Å². The van der Waals surface area contributed by atoms with Crippen molar-refractivity contribution in [1.82, 2.24) is 4.90 Å². The van der Waals surface area contributed by atoms with Gasteiger partial charge in [0.1, 0.15) is 0 Å². The van der Waals surface area contributed by atoms with Gasteiger partial charge in [-0.2, -0.15) is 0 Å². The molecule has 1 aliphatic heterocycles. The third-order valence-corrected chi connectivity index (χ3v) is 2.75. The van der Waals surface area contributed by atoms with Gasteiger partial charge in [-0.1, -0.05) is 15.9 Å². The van der Waals surface area contributed by atoms with E-state index in [1.807, 2.05) is 0 Å². The van der Waals surface area contributed by atoms with Crippen molar-refractivity contribution in [3.8, 4) is 0 Å². The van der Waals surface area contributed by atoms with Crippen molar-refractivity contribution in [3.63, 3.8) is 0 Å². The number of alkyl halides is 1. The zero-order valence-corrected chi connectivity index (χ0v) is 10.9. The van der Waals surface area contributed by atoms with Gasteiger partial charge in [-0.3, -0.25) is 4.79 Å². The van der Waals surface area contributed by atoms with Crippen LogP contribution >= 0.6 is 15.9 Å². The molecule has 0 aliphatic carbocycles. The minimum Gasteiger partial charge on any atom is -0.481 e. The lowest BCUT2D eigenvalue weighted by Crippen LogP contribution is -2.39. The molecule has 3 N–H and O–H groups in total. The summed E-state index contributed by atoms with van der Waals surface area (Å²) in [5, 5.41) is 8.80. The van der Waals surface area contributed by atoms with Crippen LogP contribution in [0.5, 0.6) is 0 Å². The van der Waals surface area contributed by atoms with Gasteiger partial charge in [-0.05, 0) is 25.7 Å². The average Bonchev–Trinajstić information content (AvgIpc) is 2.28. The minimum absolute atomic E-state index is 0.269. The highest BCUT2D eigenvalue weighted by molar-refractivity contribution is 9.09. The Hall–Kier alpha value is -0.780. The van der Waals surface area contributed by atoms with Crippen molar-refractivity contribution in [2.24, 2.45) is 5.73 Å². The maximum atomic E-state index is 10.5. The molecule has 5 nitrogen and oxygen atoms in total. The number of carboxylic acid groups (broad SMARTS) is 1. The van der Waals surface area contributed by atoms with E-state index in [9.17, 15) is 9.59 Å². The Morgan fingerprint density at radius 2 is 1.81 bits per heavy atom. The molecular weight excluding hydrogens is 276 g/mol. The van der Waals surface area contributed by atoms with Crippen molar-refractivity contribution < 1.29 is 14.7 Å². The molecule has 0 unspecified atom stereocenters. The quantitative estimate of drug-likeness (QED) is 0.779. The van der Waals surface area contributed by atoms with Crippen LogP contribution in [0.15, 0.2) is 0 Å². The number of hydrogen-bond acceptors (Lipinski definition) is 2. The topological polar surface area (TPSA) is 83.6 Å². The molecule has 1 rings (SSSR count). The number of carbonyl (C=O) groups excluding carboxylic acids is 1. The van der Waals surface area contributed by atoms with Crippen LogP contribution in [0, 0.1) is 0 Å². The van der Waals surface area contributed by atoms with Crippen molar-refractivity contribution in [2.45, 2.75) is 32.1 Å². The fourth-order valence-corrected chi connectivity index (χ4v) is 1.61. The summed E-state index contributed by atoms with van der Waals surface area (Å²) in [6, 6.07) is -0.269. The van der Waals surface area contributed by atoms with Gasteiger partial charge in [0, 0.05) is 24.8 Å². The number of rotatable bonds is 3. The van der Waals surface area contributed by atoms with Crippen LogP contribution in [0.25, 0.3) is 0 Å². The van der Waals surface area contributed by atoms with Gasteiger partial charge in [-0.25, -0.2) is 4.79 Å². The monoisotopic (exact) mass is 294 g/mol. The number of halogens is 1. The largest absolute Gasteiger partial charge is 0.481 e. The Morgan fingerprint density at radius 1 is 1.25 bits per heavy atom. The normalized spacial score (nSPS) is 14.9. The van der Waals surface area contributed by atoms with Crippen LogP contribution in [0.1, 0.15) is 32.1 Å². The van der Waals surface area contributed by atoms with Gasteiger partial charge in [0.25, 0.3) is 0 Å². The number of piperidine rings is 1. The summed E-state index contributed by atoms with van der Waals surface area (Å²) in [4.78, 5) is 21.9. The summed E-state index contributed by atoms with van der Waals surface area (Å²) in [6.45, 7) is 1.71. The predicted octanol–water partition coefficient (Wildman–Crippen LogP) is 1.80. The second-order valence-electron chi connectivity index (χ2n) is 3.57. The Balaban J connectivity index is 0.000000293. The van der Waals surface area contributed by atoms with Crippen molar-refractivity contribution in [1.29, 1.82) is 0 Å². The summed E-state index contributed by atoms with van der Waals surface area (Å²) in [7, 11) is 0. The first kappa shape index (κ1) is 15.2. The molecule has 1 aliphatic rings. The third kappa shape index (κ3) is 8.52. The molecule has 1 heterocycles. The predicted molar refractivity (Wildman–Crippen MR) is 65.7 cm³/mol. The second-order valence-corrected chi connectivity index (χ2v) is 4.37. The SMILES string of the molecule is NC(=O)N1CCCCC1.O=C(O)CCCBr. The van der Waals surface area contributed by atoms with Crippen LogP contribution in [-0.2, 0) is 4.79 Å². The fourth-order valence-electron chi connectivity index (χ4n) is 1.33. The molecular formula is C10H19BrN2O3. The van der Waals surface area contributed by atoms with E-state index in [2.05, 4.69) is 15.9 Å². The number of amides is 2. The van der Waals surface area contributed by atoms with E-state index in [0.717, 1.165) is 37.7 Å². The molecule has 0 atom stereocenters. The molecule has 2 amide bonds. The first-order chi connectivity index (χ1) is 7.57. The summed E-state index contributed by atoms with van der Waals surface area (Å²) < 4.78 is 0. The van der Waals surface area contributed by atoms with Crippen molar-refractivity contribution in [2.75, 3.05) is 18.4 Å². The molecule has 0 saturated carbocycles. The van der Waals surface area contributed by atoms with Crippen LogP contribution in [-0.4, -0.2) is 40.4 Å². The summed E-state index contributed by atoms with van der Waals surface area (Å²) in [5.41, 5.74) is 5.05. The van der Waals surface area contributed by atoms with Gasteiger partial charge >= 0.3 is 12.0 Å². The number of primary amides is 1. The smallest absolute Gasteiger partial charge is 0.314 e. The number of aliphatic carboxylic acids is 1. The zero-order chi connectivity index (χ0) is 12.4. The van der Waals surface area contributed by atoms with E-state index in [0.29, 0.717) is 0 Å². The summed E-state index contributed by atoms with van der Waals surface area (Å²) in [6.07, 6.45) is 4.45. The van der Waals surface area contributed by atoms with Gasteiger partial charge in [0.2, 0.25) is 0 Å². The number of urea groups is 1. The molecule has 0 radical (unpaired) electrons. The first-order valence-electron chi connectivity index (χ1n) is 5.40. The maximum Gasteiger partial charge on any atom is 0.314 e. The van der Waals surface area contributed by atoms with Gasteiger partial charge < -0.3 is 15.7 Å². The van der Waals surface area contributed by atoms with Gasteiger partial charge in [0.05, 0.1) is 0 Å². The average molecular weight is 295 g/mol. The summed E-state index contributed by atoms with van der Waals surface area (Å²) >= 11 is 3.11. The summed E-state index contributed by atoms with van der Waals surface area (Å²) in [5.74, 6) is -0.723. The molecule has 16 heavy (non-hydrogen) atoms. The third-order valence-electron chi connectivity index (χ3n) is 2.19. The number of nitrogens with two attached hydrogens (primary N) is 1. The Bertz CT molecular complexity index is 218.